The molecule has 0 aromatic heterocycles. The Morgan fingerprint density at radius 3 is 2.70 bits per heavy atom. The van der Waals surface area contributed by atoms with Gasteiger partial charge in [-0.15, -0.1) is 0 Å². The number of carbonyl (C=O) groups excluding carboxylic acids is 1. The van der Waals surface area contributed by atoms with Gasteiger partial charge in [0, 0.05) is 20.7 Å². The Balaban J connectivity index is 2.26. The predicted molar refractivity (Wildman–Crippen MR) is 74.0 cm³/mol. The van der Waals surface area contributed by atoms with E-state index in [1.54, 1.807) is 19.2 Å². The van der Waals surface area contributed by atoms with Crippen molar-refractivity contribution in [1.29, 1.82) is 0 Å². The fourth-order valence-corrected chi connectivity index (χ4v) is 1.74. The summed E-state index contributed by atoms with van der Waals surface area (Å²) < 4.78 is 17.5. The molecule has 0 unspecified atom stereocenters. The quantitative estimate of drug-likeness (QED) is 0.786. The number of nitrogens with one attached hydrogen (secondary N) is 1. The molecule has 0 radical (unpaired) electrons. The summed E-state index contributed by atoms with van der Waals surface area (Å²) in [5, 5.41) is 12.3. The standard InChI is InChI=1S/C14H21FN2O3/c1-17(9-13(18)10-20-2)14(19)16-8-7-11-3-5-12(15)6-4-11/h3-6,13,18H,7-10H2,1-2H3,(H,16,19)/t13-/m1/s1. The fraction of sp³-hybridized carbons (Fsp3) is 0.500. The molecule has 0 fully saturated rings. The maximum Gasteiger partial charge on any atom is 0.317 e. The van der Waals surface area contributed by atoms with Gasteiger partial charge in [-0.1, -0.05) is 12.1 Å². The number of halogens is 1. The van der Waals surface area contributed by atoms with E-state index in [4.69, 9.17) is 4.74 Å². The van der Waals surface area contributed by atoms with Crippen molar-refractivity contribution in [1.82, 2.24) is 10.2 Å². The third kappa shape index (κ3) is 5.99. The number of benzene rings is 1. The highest BCUT2D eigenvalue weighted by molar-refractivity contribution is 5.73. The molecule has 0 aliphatic heterocycles. The van der Waals surface area contributed by atoms with Gasteiger partial charge in [0.05, 0.1) is 19.3 Å². The number of likely N-dealkylation sites (N-methyl/N-ethyl adjacent to an activating group) is 1. The first-order valence-corrected chi connectivity index (χ1v) is 6.43. The molecule has 2 N–H and O–H groups in total. The van der Waals surface area contributed by atoms with Crippen LogP contribution in [0.3, 0.4) is 0 Å². The Morgan fingerprint density at radius 1 is 1.45 bits per heavy atom. The van der Waals surface area contributed by atoms with Gasteiger partial charge >= 0.3 is 6.03 Å². The Bertz CT molecular complexity index is 411. The van der Waals surface area contributed by atoms with Crippen molar-refractivity contribution in [2.75, 3.05) is 33.9 Å². The van der Waals surface area contributed by atoms with E-state index in [1.165, 1.54) is 24.1 Å². The molecule has 1 aromatic carbocycles. The minimum absolute atomic E-state index is 0.188. The first-order valence-electron chi connectivity index (χ1n) is 6.43. The number of nitrogens with zero attached hydrogens (tertiary/aromatic N) is 1. The van der Waals surface area contributed by atoms with E-state index in [1.807, 2.05) is 0 Å². The van der Waals surface area contributed by atoms with Crippen molar-refractivity contribution in [2.24, 2.45) is 0 Å². The van der Waals surface area contributed by atoms with Crippen LogP contribution >= 0.6 is 0 Å². The van der Waals surface area contributed by atoms with Gasteiger partial charge < -0.3 is 20.1 Å². The highest BCUT2D eigenvalue weighted by Gasteiger charge is 2.12. The number of hydrogen-bond donors (Lipinski definition) is 2. The van der Waals surface area contributed by atoms with Crippen molar-refractivity contribution < 1.29 is 19.0 Å². The summed E-state index contributed by atoms with van der Waals surface area (Å²) in [7, 11) is 3.10. The van der Waals surface area contributed by atoms with Crippen LogP contribution in [0.5, 0.6) is 0 Å². The predicted octanol–water partition coefficient (Wildman–Crippen LogP) is 1.02. The van der Waals surface area contributed by atoms with Crippen LogP contribution in [0.1, 0.15) is 5.56 Å². The lowest BCUT2D eigenvalue weighted by Gasteiger charge is -2.20. The highest BCUT2D eigenvalue weighted by atomic mass is 19.1. The van der Waals surface area contributed by atoms with Gasteiger partial charge in [0.25, 0.3) is 0 Å². The maximum atomic E-state index is 12.7. The number of aliphatic hydroxyl groups excluding tert-OH is 1. The summed E-state index contributed by atoms with van der Waals surface area (Å²) in [5.74, 6) is -0.273. The van der Waals surface area contributed by atoms with Crippen LogP contribution in [0.2, 0.25) is 0 Å². The van der Waals surface area contributed by atoms with Gasteiger partial charge in [0.2, 0.25) is 0 Å². The monoisotopic (exact) mass is 284 g/mol. The first-order chi connectivity index (χ1) is 9.52. The van der Waals surface area contributed by atoms with Gasteiger partial charge in [-0.3, -0.25) is 0 Å². The lowest BCUT2D eigenvalue weighted by Crippen LogP contribution is -2.42. The van der Waals surface area contributed by atoms with Crippen LogP contribution in [-0.4, -0.2) is 56.0 Å². The van der Waals surface area contributed by atoms with Crippen molar-refractivity contribution in [3.8, 4) is 0 Å². The second kappa shape index (κ2) is 8.50. The van der Waals surface area contributed by atoms with Crippen molar-refractivity contribution in [2.45, 2.75) is 12.5 Å². The lowest BCUT2D eigenvalue weighted by molar-refractivity contribution is 0.0490. The largest absolute Gasteiger partial charge is 0.389 e. The summed E-state index contributed by atoms with van der Waals surface area (Å²) in [6.07, 6.45) is -0.0756. The second-order valence-corrected chi connectivity index (χ2v) is 4.60. The fourth-order valence-electron chi connectivity index (χ4n) is 1.74. The molecule has 1 rings (SSSR count). The minimum atomic E-state index is -0.701. The smallest absolute Gasteiger partial charge is 0.317 e. The van der Waals surface area contributed by atoms with Gasteiger partial charge in [0.15, 0.2) is 0 Å². The number of rotatable bonds is 7. The van der Waals surface area contributed by atoms with E-state index in [0.29, 0.717) is 13.0 Å². The molecule has 0 aliphatic rings. The van der Waals surface area contributed by atoms with Crippen molar-refractivity contribution in [3.63, 3.8) is 0 Å². The molecule has 0 aliphatic carbocycles. The summed E-state index contributed by atoms with van der Waals surface area (Å²) in [5.41, 5.74) is 0.953. The molecule has 5 nitrogen and oxygen atoms in total. The number of ether oxygens (including phenoxy) is 1. The van der Waals surface area contributed by atoms with E-state index in [2.05, 4.69) is 5.32 Å². The van der Waals surface area contributed by atoms with Crippen LogP contribution in [0.25, 0.3) is 0 Å². The first kappa shape index (κ1) is 16.4. The number of amides is 2. The van der Waals surface area contributed by atoms with E-state index in [0.717, 1.165) is 5.56 Å². The molecule has 0 spiro atoms. The van der Waals surface area contributed by atoms with E-state index in [-0.39, 0.29) is 25.0 Å². The van der Waals surface area contributed by atoms with Crippen molar-refractivity contribution >= 4 is 6.03 Å². The molecule has 0 saturated heterocycles. The van der Waals surface area contributed by atoms with Gasteiger partial charge in [-0.2, -0.15) is 0 Å². The summed E-state index contributed by atoms with van der Waals surface area (Å²) in [4.78, 5) is 13.1. The van der Waals surface area contributed by atoms with Crippen LogP contribution in [0.15, 0.2) is 24.3 Å². The molecule has 20 heavy (non-hydrogen) atoms. The molecule has 1 atom stereocenters. The third-order valence-corrected chi connectivity index (χ3v) is 2.79. The molecule has 0 bridgehead atoms. The lowest BCUT2D eigenvalue weighted by atomic mass is 10.1. The highest BCUT2D eigenvalue weighted by Crippen LogP contribution is 2.02. The van der Waals surface area contributed by atoms with Gasteiger partial charge in [-0.25, -0.2) is 9.18 Å². The summed E-state index contributed by atoms with van der Waals surface area (Å²) >= 11 is 0. The zero-order valence-corrected chi connectivity index (χ0v) is 11.8. The van der Waals surface area contributed by atoms with E-state index < -0.39 is 6.10 Å². The molecule has 0 saturated carbocycles. The Hall–Kier alpha value is -1.66. The van der Waals surface area contributed by atoms with Gasteiger partial charge in [0.1, 0.15) is 5.82 Å². The van der Waals surface area contributed by atoms with Crippen LogP contribution < -0.4 is 5.32 Å². The number of hydrogen-bond acceptors (Lipinski definition) is 3. The van der Waals surface area contributed by atoms with Crippen molar-refractivity contribution in [3.05, 3.63) is 35.6 Å². The molecule has 2 amide bonds. The minimum Gasteiger partial charge on any atom is -0.389 e. The topological polar surface area (TPSA) is 61.8 Å². The summed E-state index contributed by atoms with van der Waals surface area (Å²) in [6, 6.07) is 5.90. The zero-order valence-electron chi connectivity index (χ0n) is 11.8. The van der Waals surface area contributed by atoms with Crippen LogP contribution in [0, 0.1) is 5.82 Å². The maximum absolute atomic E-state index is 12.7. The Labute approximate surface area is 118 Å². The number of aliphatic hydroxyl groups is 1. The molecular formula is C14H21FN2O3. The van der Waals surface area contributed by atoms with E-state index >= 15 is 0 Å². The molecule has 1 aromatic rings. The summed E-state index contributed by atoms with van der Waals surface area (Å²) in [6.45, 7) is 0.846. The average molecular weight is 284 g/mol. The Kier molecular flexibility index (Phi) is 6.97. The second-order valence-electron chi connectivity index (χ2n) is 4.60. The Morgan fingerprint density at radius 2 is 2.10 bits per heavy atom. The molecule has 112 valence electrons. The SMILES string of the molecule is COC[C@H](O)CN(C)C(=O)NCCc1ccc(F)cc1. The molecular weight excluding hydrogens is 263 g/mol. The van der Waals surface area contributed by atoms with Crippen LogP contribution in [0.4, 0.5) is 9.18 Å². The zero-order chi connectivity index (χ0) is 15.0. The van der Waals surface area contributed by atoms with Gasteiger partial charge in [-0.05, 0) is 24.1 Å². The molecule has 0 heterocycles. The third-order valence-electron chi connectivity index (χ3n) is 2.79. The normalized spacial score (nSPS) is 12.0. The van der Waals surface area contributed by atoms with E-state index in [9.17, 15) is 14.3 Å². The van der Waals surface area contributed by atoms with Crippen LogP contribution in [-0.2, 0) is 11.2 Å². The average Bonchev–Trinajstić information content (AvgIpc) is 2.41. The number of methoxy groups -OCH3 is 1. The number of urea groups is 1. The molecule has 6 heteroatoms. The number of carbonyl (C=O) groups is 1.